The number of phenolic OH excluding ortho intramolecular Hbond substituents is 1. The molecule has 8 heteroatoms. The highest BCUT2D eigenvalue weighted by Crippen LogP contribution is 2.41. The molecule has 3 fully saturated rings. The average Bonchev–Trinajstić information content (AvgIpc) is 3.56. The molecule has 4 heterocycles. The molecule has 3 aliphatic rings. The number of nitrogens with one attached hydrogen (secondary N) is 2. The van der Waals surface area contributed by atoms with Crippen molar-refractivity contribution in [2.24, 2.45) is 5.92 Å². The number of phenols is 1. The molecule has 36 heavy (non-hydrogen) atoms. The highest BCUT2D eigenvalue weighted by atomic mass is 16.5. The van der Waals surface area contributed by atoms with Gasteiger partial charge in [-0.25, -0.2) is 4.98 Å². The summed E-state index contributed by atoms with van der Waals surface area (Å²) in [6.45, 7) is 3.76. The second kappa shape index (κ2) is 9.58. The van der Waals surface area contributed by atoms with E-state index in [1.165, 1.54) is 12.8 Å². The number of hydrogen-bond acceptors (Lipinski definition) is 6. The van der Waals surface area contributed by atoms with E-state index in [0.29, 0.717) is 48.3 Å². The number of benzene rings is 1. The van der Waals surface area contributed by atoms with Crippen molar-refractivity contribution < 1.29 is 14.6 Å². The molecule has 0 bridgehead atoms. The predicted octanol–water partition coefficient (Wildman–Crippen LogP) is 3.79. The summed E-state index contributed by atoms with van der Waals surface area (Å²) in [5, 5.41) is 15.1. The molecule has 2 aliphatic heterocycles. The summed E-state index contributed by atoms with van der Waals surface area (Å²) in [7, 11) is 0. The van der Waals surface area contributed by atoms with Gasteiger partial charge in [0.1, 0.15) is 22.7 Å². The number of rotatable bonds is 6. The number of pyridine rings is 2. The summed E-state index contributed by atoms with van der Waals surface area (Å²) in [6.07, 6.45) is 6.30. The molecule has 8 nitrogen and oxygen atoms in total. The van der Waals surface area contributed by atoms with Crippen LogP contribution in [-0.4, -0.2) is 58.7 Å². The number of piperidine rings is 1. The van der Waals surface area contributed by atoms with Crippen LogP contribution in [0.25, 0.3) is 22.3 Å². The van der Waals surface area contributed by atoms with Crippen LogP contribution in [0.4, 0.5) is 0 Å². The van der Waals surface area contributed by atoms with Crippen LogP contribution < -0.4 is 15.6 Å². The zero-order valence-corrected chi connectivity index (χ0v) is 20.4. The van der Waals surface area contributed by atoms with Crippen LogP contribution in [0.3, 0.4) is 0 Å². The molecule has 0 radical (unpaired) electrons. The van der Waals surface area contributed by atoms with Gasteiger partial charge in [-0.2, -0.15) is 0 Å². The molecule has 3 aromatic rings. The van der Waals surface area contributed by atoms with Gasteiger partial charge < -0.3 is 25.0 Å². The van der Waals surface area contributed by atoms with Gasteiger partial charge in [0.25, 0.3) is 11.5 Å². The lowest BCUT2D eigenvalue weighted by Crippen LogP contribution is -2.32. The molecule has 188 valence electrons. The van der Waals surface area contributed by atoms with E-state index in [2.05, 4.69) is 10.3 Å². The van der Waals surface area contributed by atoms with Crippen molar-refractivity contribution in [1.29, 1.82) is 0 Å². The Morgan fingerprint density at radius 2 is 1.97 bits per heavy atom. The van der Waals surface area contributed by atoms with Gasteiger partial charge in [-0.15, -0.1) is 0 Å². The third-order valence-corrected chi connectivity index (χ3v) is 7.65. The van der Waals surface area contributed by atoms with Gasteiger partial charge in [-0.05, 0) is 86.7 Å². The SMILES string of the molecule is O=C(c1cc2c(C3CCCNC3)cc(-c3c(O)cccc3OCC3CC3)nc2[nH]c1=O)N1CCCC1. The molecule has 1 amide bonds. The zero-order valence-electron chi connectivity index (χ0n) is 20.4. The van der Waals surface area contributed by atoms with Gasteiger partial charge in [0.2, 0.25) is 0 Å². The normalized spacial score (nSPS) is 20.1. The molecule has 2 saturated heterocycles. The smallest absolute Gasteiger partial charge is 0.262 e. The van der Waals surface area contributed by atoms with E-state index in [4.69, 9.17) is 9.72 Å². The summed E-state index contributed by atoms with van der Waals surface area (Å²) in [5.74, 6) is 1.22. The monoisotopic (exact) mass is 488 g/mol. The van der Waals surface area contributed by atoms with Crippen molar-refractivity contribution in [2.45, 2.75) is 44.4 Å². The lowest BCUT2D eigenvalue weighted by Gasteiger charge is -2.25. The summed E-state index contributed by atoms with van der Waals surface area (Å²) in [4.78, 5) is 35.6. The number of carbonyl (C=O) groups excluding carboxylic acids is 1. The molecule has 1 aliphatic carbocycles. The Morgan fingerprint density at radius 1 is 1.14 bits per heavy atom. The minimum absolute atomic E-state index is 0.0889. The molecule has 1 aromatic carbocycles. The number of likely N-dealkylation sites (tertiary alicyclic amines) is 1. The van der Waals surface area contributed by atoms with E-state index in [-0.39, 0.29) is 23.1 Å². The van der Waals surface area contributed by atoms with Crippen LogP contribution in [0.15, 0.2) is 35.1 Å². The van der Waals surface area contributed by atoms with Gasteiger partial charge in [-0.1, -0.05) is 6.07 Å². The lowest BCUT2D eigenvalue weighted by atomic mass is 9.88. The van der Waals surface area contributed by atoms with E-state index in [1.54, 1.807) is 23.1 Å². The molecule has 1 unspecified atom stereocenters. The van der Waals surface area contributed by atoms with E-state index in [0.717, 1.165) is 49.7 Å². The van der Waals surface area contributed by atoms with Gasteiger partial charge in [0.15, 0.2) is 0 Å². The molecule has 3 N–H and O–H groups in total. The number of aromatic amines is 1. The van der Waals surface area contributed by atoms with Crippen molar-refractivity contribution in [1.82, 2.24) is 20.2 Å². The summed E-state index contributed by atoms with van der Waals surface area (Å²) in [5.41, 5.74) is 2.27. The second-order valence-electron chi connectivity index (χ2n) is 10.3. The minimum atomic E-state index is -0.431. The number of hydrogen-bond donors (Lipinski definition) is 3. The standard InChI is InChI=1S/C28H32N4O4/c33-23-6-3-7-24(36-16-17-8-9-17)25(23)22-14-19(18-5-4-10-29-15-18)20-13-21(27(34)31-26(20)30-22)28(35)32-11-1-2-12-32/h3,6-7,13-14,17-18,29,33H,1-2,4-5,8-12,15-16H2,(H,30,31,34). The largest absolute Gasteiger partial charge is 0.507 e. The van der Waals surface area contributed by atoms with Crippen LogP contribution in [0.1, 0.15) is 60.4 Å². The van der Waals surface area contributed by atoms with E-state index in [1.807, 2.05) is 12.1 Å². The first kappa shape index (κ1) is 23.0. The third-order valence-electron chi connectivity index (χ3n) is 7.65. The molecule has 2 aromatic heterocycles. The summed E-state index contributed by atoms with van der Waals surface area (Å²) in [6, 6.07) is 8.98. The number of carbonyl (C=O) groups is 1. The number of amides is 1. The molecular formula is C28H32N4O4. The summed E-state index contributed by atoms with van der Waals surface area (Å²) < 4.78 is 6.09. The van der Waals surface area contributed by atoms with Gasteiger partial charge >= 0.3 is 0 Å². The summed E-state index contributed by atoms with van der Waals surface area (Å²) >= 11 is 0. The van der Waals surface area contributed by atoms with E-state index < -0.39 is 5.56 Å². The van der Waals surface area contributed by atoms with Crippen LogP contribution in [0.2, 0.25) is 0 Å². The van der Waals surface area contributed by atoms with E-state index >= 15 is 0 Å². The first-order valence-corrected chi connectivity index (χ1v) is 13.1. The lowest BCUT2D eigenvalue weighted by molar-refractivity contribution is 0.0791. The van der Waals surface area contributed by atoms with Crippen molar-refractivity contribution in [3.8, 4) is 22.8 Å². The Hall–Kier alpha value is -3.39. The maximum absolute atomic E-state index is 13.1. The maximum Gasteiger partial charge on any atom is 0.262 e. The van der Waals surface area contributed by atoms with Crippen molar-refractivity contribution in [3.63, 3.8) is 0 Å². The zero-order chi connectivity index (χ0) is 24.6. The highest BCUT2D eigenvalue weighted by Gasteiger charge is 2.27. The van der Waals surface area contributed by atoms with Crippen LogP contribution >= 0.6 is 0 Å². The number of H-pyrrole nitrogens is 1. The number of fused-ring (bicyclic) bond motifs is 1. The van der Waals surface area contributed by atoms with E-state index in [9.17, 15) is 14.7 Å². The van der Waals surface area contributed by atoms with Crippen LogP contribution in [-0.2, 0) is 0 Å². The Kier molecular flexibility index (Phi) is 6.13. The fraction of sp³-hybridized carbons (Fsp3) is 0.464. The van der Waals surface area contributed by atoms with Crippen molar-refractivity contribution >= 4 is 16.9 Å². The predicted molar refractivity (Wildman–Crippen MR) is 138 cm³/mol. The Bertz CT molecular complexity index is 1350. The minimum Gasteiger partial charge on any atom is -0.507 e. The topological polar surface area (TPSA) is 108 Å². The first-order chi connectivity index (χ1) is 17.6. The molecule has 6 rings (SSSR count). The number of ether oxygens (including phenoxy) is 1. The highest BCUT2D eigenvalue weighted by molar-refractivity contribution is 5.98. The Balaban J connectivity index is 1.49. The Morgan fingerprint density at radius 3 is 2.72 bits per heavy atom. The average molecular weight is 489 g/mol. The van der Waals surface area contributed by atoms with Crippen molar-refractivity contribution in [3.05, 3.63) is 51.8 Å². The molecular weight excluding hydrogens is 456 g/mol. The fourth-order valence-electron chi connectivity index (χ4n) is 5.43. The third kappa shape index (κ3) is 4.46. The van der Waals surface area contributed by atoms with Gasteiger partial charge in [-0.3, -0.25) is 9.59 Å². The number of nitrogens with zero attached hydrogens (tertiary/aromatic N) is 2. The number of aromatic hydroxyl groups is 1. The van der Waals surface area contributed by atoms with Gasteiger partial charge in [0, 0.05) is 25.0 Å². The molecule has 1 atom stereocenters. The maximum atomic E-state index is 13.1. The Labute approximate surface area is 209 Å². The molecule has 0 spiro atoms. The molecule has 1 saturated carbocycles. The van der Waals surface area contributed by atoms with Crippen LogP contribution in [0, 0.1) is 5.92 Å². The number of aromatic nitrogens is 2. The quantitative estimate of drug-likeness (QED) is 0.487. The second-order valence-corrected chi connectivity index (χ2v) is 10.3. The first-order valence-electron chi connectivity index (χ1n) is 13.1. The van der Waals surface area contributed by atoms with Gasteiger partial charge in [0.05, 0.1) is 17.9 Å². The fourth-order valence-corrected chi connectivity index (χ4v) is 5.43. The van der Waals surface area contributed by atoms with Crippen molar-refractivity contribution in [2.75, 3.05) is 32.8 Å². The van der Waals surface area contributed by atoms with Crippen LogP contribution in [0.5, 0.6) is 11.5 Å².